The zero-order chi connectivity index (χ0) is 20.2. The minimum absolute atomic E-state index is 0.213. The van der Waals surface area contributed by atoms with Gasteiger partial charge in [0.1, 0.15) is 0 Å². The molecule has 1 aromatic rings. The van der Waals surface area contributed by atoms with E-state index in [2.05, 4.69) is 39.4 Å². The lowest BCUT2D eigenvalue weighted by Gasteiger charge is -2.14. The van der Waals surface area contributed by atoms with Crippen LogP contribution in [0.3, 0.4) is 0 Å². The molecule has 1 atom stereocenters. The molecule has 9 heteroatoms. The molecular weight excluding hydrogens is 350 g/mol. The zero-order valence-electron chi connectivity index (χ0n) is 15.1. The number of pyridine rings is 1. The van der Waals surface area contributed by atoms with Gasteiger partial charge in [0.05, 0.1) is 11.1 Å². The van der Waals surface area contributed by atoms with Crippen molar-refractivity contribution >= 4 is 23.6 Å². The Morgan fingerprint density at radius 3 is 2.15 bits per heavy atom. The topological polar surface area (TPSA) is 129 Å². The summed E-state index contributed by atoms with van der Waals surface area (Å²) in [6, 6.07) is 1.09. The molecule has 0 aliphatic carbocycles. The monoisotopic (exact) mass is 373 g/mol. The number of hydrogen-bond donors (Lipinski definition) is 4. The quantitative estimate of drug-likeness (QED) is 0.326. The first-order chi connectivity index (χ1) is 12.9. The van der Waals surface area contributed by atoms with Crippen LogP contribution in [-0.2, 0) is 9.59 Å². The fourth-order valence-electron chi connectivity index (χ4n) is 1.91. The first-order valence-electron chi connectivity index (χ1n) is 8.22. The van der Waals surface area contributed by atoms with Crippen molar-refractivity contribution in [2.75, 3.05) is 19.6 Å². The second-order valence-corrected chi connectivity index (χ2v) is 5.54. The van der Waals surface area contributed by atoms with Crippen molar-refractivity contribution < 1.29 is 19.2 Å². The summed E-state index contributed by atoms with van der Waals surface area (Å²) in [6.45, 7) is 9.09. The summed E-state index contributed by atoms with van der Waals surface area (Å²) in [4.78, 5) is 50.4. The van der Waals surface area contributed by atoms with E-state index in [1.165, 1.54) is 18.5 Å². The molecular formula is C18H23N5O4. The molecule has 144 valence electrons. The van der Waals surface area contributed by atoms with Gasteiger partial charge in [0.25, 0.3) is 11.8 Å². The van der Waals surface area contributed by atoms with Crippen molar-refractivity contribution in [2.24, 2.45) is 0 Å². The number of aromatic nitrogens is 1. The highest BCUT2D eigenvalue weighted by Crippen LogP contribution is 2.03. The van der Waals surface area contributed by atoms with Crippen LogP contribution in [0.15, 0.2) is 43.8 Å². The van der Waals surface area contributed by atoms with Crippen LogP contribution >= 0.6 is 0 Å². The van der Waals surface area contributed by atoms with Crippen LogP contribution in [0.2, 0.25) is 0 Å². The van der Waals surface area contributed by atoms with E-state index >= 15 is 0 Å². The Balaban J connectivity index is 2.56. The Morgan fingerprint density at radius 1 is 0.963 bits per heavy atom. The van der Waals surface area contributed by atoms with Gasteiger partial charge in [-0.2, -0.15) is 0 Å². The van der Waals surface area contributed by atoms with Crippen LogP contribution in [0.25, 0.3) is 0 Å². The van der Waals surface area contributed by atoms with E-state index in [0.29, 0.717) is 0 Å². The predicted molar refractivity (Wildman–Crippen MR) is 99.9 cm³/mol. The highest BCUT2D eigenvalue weighted by atomic mass is 16.2. The molecule has 0 aromatic carbocycles. The molecule has 4 N–H and O–H groups in total. The largest absolute Gasteiger partial charge is 0.351 e. The zero-order valence-corrected chi connectivity index (χ0v) is 15.1. The lowest BCUT2D eigenvalue weighted by molar-refractivity contribution is -0.117. The van der Waals surface area contributed by atoms with Gasteiger partial charge in [0, 0.05) is 38.1 Å². The molecule has 1 aromatic heterocycles. The Morgan fingerprint density at radius 2 is 1.52 bits per heavy atom. The third-order valence-corrected chi connectivity index (χ3v) is 3.30. The van der Waals surface area contributed by atoms with Crippen LogP contribution in [0.5, 0.6) is 0 Å². The first-order valence-corrected chi connectivity index (χ1v) is 8.22. The standard InChI is InChI=1S/C18H23N5O4/c1-4-15(24)20-6-7-21-17(26)13-8-14(11-19-10-13)18(27)23-12(3)9-22-16(25)5-2/h4-5,8,10-12H,1-2,6-7,9H2,3H3,(H,20,24)(H,21,26)(H,22,25)(H,23,27). The molecule has 4 amide bonds. The Kier molecular flexibility index (Phi) is 8.93. The molecule has 27 heavy (non-hydrogen) atoms. The molecule has 0 aliphatic heterocycles. The van der Waals surface area contributed by atoms with E-state index in [9.17, 15) is 19.2 Å². The molecule has 0 aliphatic rings. The van der Waals surface area contributed by atoms with E-state index in [4.69, 9.17) is 0 Å². The van der Waals surface area contributed by atoms with Gasteiger partial charge in [-0.25, -0.2) is 0 Å². The SMILES string of the molecule is C=CC(=O)NCCNC(=O)c1cncc(C(=O)NC(C)CNC(=O)C=C)c1. The Labute approximate surface area is 157 Å². The summed E-state index contributed by atoms with van der Waals surface area (Å²) >= 11 is 0. The second kappa shape index (κ2) is 11.2. The van der Waals surface area contributed by atoms with E-state index < -0.39 is 11.8 Å². The van der Waals surface area contributed by atoms with E-state index in [-0.39, 0.29) is 48.6 Å². The third kappa shape index (κ3) is 7.95. The summed E-state index contributed by atoms with van der Waals surface area (Å²) in [6.07, 6.45) is 4.95. The minimum atomic E-state index is -0.421. The number of rotatable bonds is 10. The molecule has 0 radical (unpaired) electrons. The molecule has 0 bridgehead atoms. The Hall–Kier alpha value is -3.49. The molecule has 0 fully saturated rings. The average molecular weight is 373 g/mol. The maximum atomic E-state index is 12.2. The number of nitrogens with one attached hydrogen (secondary N) is 4. The van der Waals surface area contributed by atoms with E-state index in [1.807, 2.05) is 0 Å². The smallest absolute Gasteiger partial charge is 0.253 e. The third-order valence-electron chi connectivity index (χ3n) is 3.30. The lowest BCUT2D eigenvalue weighted by Crippen LogP contribution is -2.41. The van der Waals surface area contributed by atoms with Gasteiger partial charge in [-0.05, 0) is 25.1 Å². The molecule has 0 saturated carbocycles. The highest BCUT2D eigenvalue weighted by Gasteiger charge is 2.13. The van der Waals surface area contributed by atoms with Gasteiger partial charge in [0.2, 0.25) is 11.8 Å². The van der Waals surface area contributed by atoms with Crippen molar-refractivity contribution in [3.05, 3.63) is 54.9 Å². The van der Waals surface area contributed by atoms with Crippen molar-refractivity contribution in [2.45, 2.75) is 13.0 Å². The number of carbonyl (C=O) groups excluding carboxylic acids is 4. The van der Waals surface area contributed by atoms with Gasteiger partial charge < -0.3 is 21.3 Å². The van der Waals surface area contributed by atoms with E-state index in [0.717, 1.165) is 12.2 Å². The number of hydrogen-bond acceptors (Lipinski definition) is 5. The molecule has 1 heterocycles. The highest BCUT2D eigenvalue weighted by molar-refractivity contribution is 5.99. The summed E-state index contributed by atoms with van der Waals surface area (Å²) < 4.78 is 0. The maximum Gasteiger partial charge on any atom is 0.253 e. The molecule has 0 spiro atoms. The summed E-state index contributed by atoms with van der Waals surface area (Å²) in [7, 11) is 0. The van der Waals surface area contributed by atoms with Gasteiger partial charge in [-0.1, -0.05) is 13.2 Å². The predicted octanol–water partition coefficient (Wildman–Crippen LogP) is -0.466. The molecule has 1 rings (SSSR count). The van der Waals surface area contributed by atoms with E-state index in [1.54, 1.807) is 6.92 Å². The lowest BCUT2D eigenvalue weighted by atomic mass is 10.1. The fourth-order valence-corrected chi connectivity index (χ4v) is 1.91. The van der Waals surface area contributed by atoms with Crippen LogP contribution in [-0.4, -0.2) is 54.3 Å². The van der Waals surface area contributed by atoms with Gasteiger partial charge in [-0.15, -0.1) is 0 Å². The van der Waals surface area contributed by atoms with Crippen LogP contribution in [0.1, 0.15) is 27.6 Å². The van der Waals surface area contributed by atoms with Crippen molar-refractivity contribution in [1.29, 1.82) is 0 Å². The van der Waals surface area contributed by atoms with Crippen LogP contribution in [0.4, 0.5) is 0 Å². The Bertz CT molecular complexity index is 732. The molecule has 0 saturated heterocycles. The normalized spacial score (nSPS) is 10.9. The van der Waals surface area contributed by atoms with Crippen LogP contribution < -0.4 is 21.3 Å². The summed E-state index contributed by atoms with van der Waals surface area (Å²) in [5.74, 6) is -1.50. The second-order valence-electron chi connectivity index (χ2n) is 5.54. The summed E-state index contributed by atoms with van der Waals surface area (Å²) in [5, 5.41) is 10.4. The van der Waals surface area contributed by atoms with Crippen LogP contribution in [0, 0.1) is 0 Å². The number of amides is 4. The maximum absolute atomic E-state index is 12.2. The first kappa shape index (κ1) is 21.6. The minimum Gasteiger partial charge on any atom is -0.351 e. The summed E-state index contributed by atoms with van der Waals surface area (Å²) in [5.41, 5.74) is 0.426. The van der Waals surface area contributed by atoms with Gasteiger partial charge >= 0.3 is 0 Å². The fraction of sp³-hybridized carbons (Fsp3) is 0.278. The molecule has 9 nitrogen and oxygen atoms in total. The van der Waals surface area contributed by atoms with Gasteiger partial charge in [0.15, 0.2) is 0 Å². The molecule has 1 unspecified atom stereocenters. The van der Waals surface area contributed by atoms with Gasteiger partial charge in [-0.3, -0.25) is 24.2 Å². The van der Waals surface area contributed by atoms with Crippen molar-refractivity contribution in [3.8, 4) is 0 Å². The average Bonchev–Trinajstić information content (AvgIpc) is 2.68. The number of carbonyl (C=O) groups is 4. The van der Waals surface area contributed by atoms with Crippen molar-refractivity contribution in [1.82, 2.24) is 26.3 Å². The number of nitrogens with zero attached hydrogens (tertiary/aromatic N) is 1. The van der Waals surface area contributed by atoms with Crippen molar-refractivity contribution in [3.63, 3.8) is 0 Å².